The summed E-state index contributed by atoms with van der Waals surface area (Å²) in [7, 11) is 0. The highest BCUT2D eigenvalue weighted by Crippen LogP contribution is 2.33. The van der Waals surface area contributed by atoms with Gasteiger partial charge in [-0.1, -0.05) is 96.1 Å². The van der Waals surface area contributed by atoms with Gasteiger partial charge in [-0.2, -0.15) is 0 Å². The van der Waals surface area contributed by atoms with Crippen LogP contribution in [0.3, 0.4) is 0 Å². The first-order valence-corrected chi connectivity index (χ1v) is 9.75. The number of amides is 1. The molecule has 0 bridgehead atoms. The Kier molecular flexibility index (Phi) is 5.26. The molecule has 0 atom stereocenters. The van der Waals surface area contributed by atoms with Gasteiger partial charge >= 0.3 is 0 Å². The molecule has 0 aromatic heterocycles. The van der Waals surface area contributed by atoms with E-state index in [1.165, 1.54) is 11.1 Å². The van der Waals surface area contributed by atoms with E-state index in [-0.39, 0.29) is 5.91 Å². The molecule has 2 heteroatoms. The zero-order valence-electron chi connectivity index (χ0n) is 16.6. The van der Waals surface area contributed by atoms with Crippen LogP contribution in [-0.4, -0.2) is 5.91 Å². The molecular formula is C27H23NO. The second-order valence-corrected chi connectivity index (χ2v) is 7.28. The van der Waals surface area contributed by atoms with E-state index in [2.05, 4.69) is 67.7 Å². The van der Waals surface area contributed by atoms with Gasteiger partial charge < -0.3 is 5.32 Å². The van der Waals surface area contributed by atoms with Gasteiger partial charge in [-0.3, -0.25) is 4.79 Å². The summed E-state index contributed by atoms with van der Waals surface area (Å²) in [4.78, 5) is 13.4. The minimum Gasteiger partial charge on any atom is -0.322 e. The number of carbonyl (C=O) groups excluding carboxylic acids is 1. The van der Waals surface area contributed by atoms with E-state index in [1.807, 2.05) is 48.5 Å². The molecule has 4 rings (SSSR count). The minimum absolute atomic E-state index is 0.108. The van der Waals surface area contributed by atoms with Crippen LogP contribution in [0.1, 0.15) is 21.5 Å². The van der Waals surface area contributed by atoms with Crippen molar-refractivity contribution in [2.45, 2.75) is 13.8 Å². The smallest absolute Gasteiger partial charge is 0.256 e. The van der Waals surface area contributed by atoms with Crippen molar-refractivity contribution in [3.05, 3.63) is 114 Å². The average Bonchev–Trinajstić information content (AvgIpc) is 2.75. The molecule has 0 saturated carbocycles. The monoisotopic (exact) mass is 377 g/mol. The molecule has 2 nitrogen and oxygen atoms in total. The third-order valence-electron chi connectivity index (χ3n) is 5.05. The predicted octanol–water partition coefficient (Wildman–Crippen LogP) is 6.89. The number of anilines is 1. The van der Waals surface area contributed by atoms with Crippen molar-refractivity contribution in [3.8, 4) is 22.3 Å². The van der Waals surface area contributed by atoms with E-state index in [0.717, 1.165) is 27.9 Å². The van der Waals surface area contributed by atoms with E-state index in [4.69, 9.17) is 0 Å². The number of benzene rings is 4. The Balaban J connectivity index is 1.87. The van der Waals surface area contributed by atoms with Crippen molar-refractivity contribution in [2.75, 3.05) is 5.32 Å². The van der Waals surface area contributed by atoms with Crippen LogP contribution in [0.25, 0.3) is 22.3 Å². The maximum atomic E-state index is 13.4. The Morgan fingerprint density at radius 2 is 1.07 bits per heavy atom. The van der Waals surface area contributed by atoms with Gasteiger partial charge in [0.1, 0.15) is 0 Å². The number of hydrogen-bond acceptors (Lipinski definition) is 1. The maximum Gasteiger partial charge on any atom is 0.256 e. The minimum atomic E-state index is -0.108. The fourth-order valence-corrected chi connectivity index (χ4v) is 3.46. The molecule has 4 aromatic rings. The van der Waals surface area contributed by atoms with Gasteiger partial charge in [0, 0.05) is 5.69 Å². The highest BCUT2D eigenvalue weighted by atomic mass is 16.1. The van der Waals surface area contributed by atoms with E-state index in [9.17, 15) is 4.79 Å². The average molecular weight is 377 g/mol. The standard InChI is InChI=1S/C27H23NO/c1-19-11-15-21(16-12-19)24-9-6-10-25(22-17-13-20(2)14-18-22)26(24)27(29)28-23-7-4-3-5-8-23/h3-18H,1-2H3,(H,28,29). The van der Waals surface area contributed by atoms with Gasteiger partial charge in [0.05, 0.1) is 5.56 Å². The highest BCUT2D eigenvalue weighted by molar-refractivity contribution is 6.13. The lowest BCUT2D eigenvalue weighted by molar-refractivity contribution is 0.102. The van der Waals surface area contributed by atoms with E-state index in [1.54, 1.807) is 0 Å². The summed E-state index contributed by atoms with van der Waals surface area (Å²) in [6.45, 7) is 4.13. The molecular weight excluding hydrogens is 354 g/mol. The van der Waals surface area contributed by atoms with Crippen molar-refractivity contribution in [3.63, 3.8) is 0 Å². The lowest BCUT2D eigenvalue weighted by Crippen LogP contribution is -2.14. The molecule has 0 spiro atoms. The number of hydrogen-bond donors (Lipinski definition) is 1. The molecule has 4 aromatic carbocycles. The fraction of sp³-hybridized carbons (Fsp3) is 0.0741. The summed E-state index contributed by atoms with van der Waals surface area (Å²) in [6, 6.07) is 32.2. The number of para-hydroxylation sites is 1. The largest absolute Gasteiger partial charge is 0.322 e. The Bertz CT molecular complexity index is 1060. The Morgan fingerprint density at radius 1 is 0.586 bits per heavy atom. The topological polar surface area (TPSA) is 29.1 Å². The number of nitrogens with one attached hydrogen (secondary N) is 1. The summed E-state index contributed by atoms with van der Waals surface area (Å²) in [5.74, 6) is -0.108. The highest BCUT2D eigenvalue weighted by Gasteiger charge is 2.19. The summed E-state index contributed by atoms with van der Waals surface area (Å²) in [5, 5.41) is 3.06. The third kappa shape index (κ3) is 4.12. The normalized spacial score (nSPS) is 10.6. The molecule has 0 radical (unpaired) electrons. The van der Waals surface area contributed by atoms with Gasteiger partial charge in [-0.05, 0) is 48.2 Å². The summed E-state index contributed by atoms with van der Waals surface area (Å²) in [5.41, 5.74) is 7.77. The zero-order valence-corrected chi connectivity index (χ0v) is 16.6. The Morgan fingerprint density at radius 3 is 1.55 bits per heavy atom. The SMILES string of the molecule is Cc1ccc(-c2cccc(-c3ccc(C)cc3)c2C(=O)Nc2ccccc2)cc1. The van der Waals surface area contributed by atoms with E-state index in [0.29, 0.717) is 5.56 Å². The zero-order chi connectivity index (χ0) is 20.2. The van der Waals surface area contributed by atoms with Crippen molar-refractivity contribution >= 4 is 11.6 Å². The number of rotatable bonds is 4. The third-order valence-corrected chi connectivity index (χ3v) is 5.05. The molecule has 0 aliphatic heterocycles. The number of carbonyl (C=O) groups is 1. The quantitative estimate of drug-likeness (QED) is 0.412. The van der Waals surface area contributed by atoms with Crippen LogP contribution in [0.15, 0.2) is 97.1 Å². The van der Waals surface area contributed by atoms with E-state index < -0.39 is 0 Å². The summed E-state index contributed by atoms with van der Waals surface area (Å²) >= 11 is 0. The molecule has 0 saturated heterocycles. The maximum absolute atomic E-state index is 13.4. The molecule has 0 aliphatic carbocycles. The van der Waals surface area contributed by atoms with Crippen LogP contribution >= 0.6 is 0 Å². The molecule has 1 amide bonds. The molecule has 29 heavy (non-hydrogen) atoms. The van der Waals surface area contributed by atoms with Crippen LogP contribution in [0.5, 0.6) is 0 Å². The molecule has 0 heterocycles. The Hall–Kier alpha value is -3.65. The molecule has 0 aliphatic rings. The van der Waals surface area contributed by atoms with Crippen LogP contribution in [-0.2, 0) is 0 Å². The van der Waals surface area contributed by atoms with Crippen molar-refractivity contribution in [1.29, 1.82) is 0 Å². The van der Waals surface area contributed by atoms with Gasteiger partial charge in [0.25, 0.3) is 5.91 Å². The van der Waals surface area contributed by atoms with Crippen LogP contribution < -0.4 is 5.32 Å². The molecule has 142 valence electrons. The summed E-state index contributed by atoms with van der Waals surface area (Å²) in [6.07, 6.45) is 0. The van der Waals surface area contributed by atoms with Crippen LogP contribution in [0.2, 0.25) is 0 Å². The second-order valence-electron chi connectivity index (χ2n) is 7.28. The lowest BCUT2D eigenvalue weighted by atomic mass is 9.90. The van der Waals surface area contributed by atoms with Gasteiger partial charge in [-0.15, -0.1) is 0 Å². The van der Waals surface area contributed by atoms with Crippen LogP contribution in [0, 0.1) is 13.8 Å². The van der Waals surface area contributed by atoms with E-state index >= 15 is 0 Å². The predicted molar refractivity (Wildman–Crippen MR) is 121 cm³/mol. The second kappa shape index (κ2) is 8.15. The molecule has 0 unspecified atom stereocenters. The van der Waals surface area contributed by atoms with Gasteiger partial charge in [0.2, 0.25) is 0 Å². The first-order valence-electron chi connectivity index (χ1n) is 9.75. The molecule has 1 N–H and O–H groups in total. The Labute approximate surface area is 171 Å². The van der Waals surface area contributed by atoms with Crippen molar-refractivity contribution < 1.29 is 4.79 Å². The molecule has 0 fully saturated rings. The van der Waals surface area contributed by atoms with Crippen LogP contribution in [0.4, 0.5) is 5.69 Å². The summed E-state index contributed by atoms with van der Waals surface area (Å²) < 4.78 is 0. The van der Waals surface area contributed by atoms with Crippen molar-refractivity contribution in [2.24, 2.45) is 0 Å². The number of aryl methyl sites for hydroxylation is 2. The lowest BCUT2D eigenvalue weighted by Gasteiger charge is -2.16. The first-order chi connectivity index (χ1) is 14.1. The first kappa shape index (κ1) is 18.7. The fourth-order valence-electron chi connectivity index (χ4n) is 3.46. The van der Waals surface area contributed by atoms with Gasteiger partial charge in [-0.25, -0.2) is 0 Å². The van der Waals surface area contributed by atoms with Crippen molar-refractivity contribution in [1.82, 2.24) is 0 Å². The van der Waals surface area contributed by atoms with Gasteiger partial charge in [0.15, 0.2) is 0 Å².